The number of halogens is 1. The molecule has 0 atom stereocenters. The Morgan fingerprint density at radius 3 is 2.22 bits per heavy atom. The fourth-order valence-corrected chi connectivity index (χ4v) is 3.59. The monoisotopic (exact) mass is 385 g/mol. The fraction of sp³-hybridized carbons (Fsp3) is 0.0500. The second kappa shape index (κ2) is 7.59. The molecule has 3 aromatic carbocycles. The summed E-state index contributed by atoms with van der Waals surface area (Å²) < 4.78 is 44.8. The first-order valence-corrected chi connectivity index (χ1v) is 9.44. The molecule has 0 unspecified atom stereocenters. The number of para-hydroxylation sites is 1. The summed E-state index contributed by atoms with van der Waals surface area (Å²) in [5.74, 6) is -1.16. The van der Waals surface area contributed by atoms with E-state index in [1.165, 1.54) is 49.5 Å². The summed E-state index contributed by atoms with van der Waals surface area (Å²) in [5.41, 5.74) is 0.674. The zero-order valence-corrected chi connectivity index (χ0v) is 15.2. The molecule has 0 amide bonds. The van der Waals surface area contributed by atoms with Crippen LogP contribution in [0.2, 0.25) is 0 Å². The number of rotatable bonds is 5. The van der Waals surface area contributed by atoms with Gasteiger partial charge in [0.15, 0.2) is 0 Å². The molecule has 0 heterocycles. The highest BCUT2D eigenvalue weighted by atomic mass is 32.2. The van der Waals surface area contributed by atoms with Crippen molar-refractivity contribution < 1.29 is 22.3 Å². The van der Waals surface area contributed by atoms with Gasteiger partial charge in [-0.15, -0.1) is 0 Å². The van der Waals surface area contributed by atoms with E-state index in [0.29, 0.717) is 5.69 Å². The molecule has 0 aliphatic heterocycles. The second-order valence-electron chi connectivity index (χ2n) is 5.68. The van der Waals surface area contributed by atoms with Gasteiger partial charge in [-0.1, -0.05) is 24.3 Å². The molecule has 0 saturated carbocycles. The highest BCUT2D eigenvalue weighted by Gasteiger charge is 2.21. The molecule has 0 aliphatic rings. The van der Waals surface area contributed by atoms with Gasteiger partial charge in [-0.2, -0.15) is 0 Å². The van der Waals surface area contributed by atoms with Crippen molar-refractivity contribution in [2.24, 2.45) is 0 Å². The Kier molecular flexibility index (Phi) is 5.23. The summed E-state index contributed by atoms with van der Waals surface area (Å²) in [4.78, 5) is 12.2. The predicted molar refractivity (Wildman–Crippen MR) is 99.8 cm³/mol. The van der Waals surface area contributed by atoms with Gasteiger partial charge in [-0.25, -0.2) is 17.6 Å². The van der Waals surface area contributed by atoms with E-state index < -0.39 is 21.8 Å². The maximum atomic E-state index is 13.2. The number of ether oxygens (including phenoxy) is 1. The minimum atomic E-state index is -3.77. The average molecular weight is 385 g/mol. The van der Waals surface area contributed by atoms with Crippen molar-refractivity contribution in [2.45, 2.75) is 4.90 Å². The molecule has 138 valence electrons. The number of hydrogen-bond acceptors (Lipinski definition) is 4. The maximum absolute atomic E-state index is 13.2. The number of hydrogen-bond donors (Lipinski definition) is 0. The molecule has 0 radical (unpaired) electrons. The van der Waals surface area contributed by atoms with E-state index in [1.807, 2.05) is 0 Å². The highest BCUT2D eigenvalue weighted by Crippen LogP contribution is 2.22. The molecule has 0 N–H and O–H groups in total. The molecule has 0 spiro atoms. The van der Waals surface area contributed by atoms with Crippen LogP contribution in [0.1, 0.15) is 10.4 Å². The van der Waals surface area contributed by atoms with E-state index in [1.54, 1.807) is 30.3 Å². The molecule has 0 aliphatic carbocycles. The first kappa shape index (κ1) is 18.6. The highest BCUT2D eigenvalue weighted by molar-refractivity contribution is 7.92. The largest absolute Gasteiger partial charge is 0.423 e. The van der Waals surface area contributed by atoms with E-state index in [0.717, 1.165) is 10.4 Å². The number of carbonyl (C=O) groups excluding carboxylic acids is 1. The van der Waals surface area contributed by atoms with Crippen LogP contribution in [0.15, 0.2) is 83.8 Å². The Labute approximate surface area is 156 Å². The lowest BCUT2D eigenvalue weighted by Crippen LogP contribution is -2.26. The standard InChI is InChI=1S/C20H16FNO4S/c1-22(17-7-3-2-4-8-17)27(24,25)19-12-10-15(11-13-19)20(23)26-18-9-5-6-16(21)14-18/h2-14H,1H3. The molecule has 27 heavy (non-hydrogen) atoms. The lowest BCUT2D eigenvalue weighted by atomic mass is 10.2. The van der Waals surface area contributed by atoms with Gasteiger partial charge in [0.25, 0.3) is 10.0 Å². The molecule has 0 saturated heterocycles. The van der Waals surface area contributed by atoms with Crippen LogP contribution in [0.4, 0.5) is 10.1 Å². The van der Waals surface area contributed by atoms with Crippen molar-refractivity contribution in [1.82, 2.24) is 0 Å². The summed E-state index contributed by atoms with van der Waals surface area (Å²) >= 11 is 0. The Balaban J connectivity index is 1.79. The number of esters is 1. The Morgan fingerprint density at radius 2 is 1.59 bits per heavy atom. The first-order chi connectivity index (χ1) is 12.9. The molecular weight excluding hydrogens is 369 g/mol. The van der Waals surface area contributed by atoms with Crippen LogP contribution in [0, 0.1) is 5.82 Å². The van der Waals surface area contributed by atoms with Crippen LogP contribution in [-0.4, -0.2) is 21.4 Å². The molecule has 3 rings (SSSR count). The van der Waals surface area contributed by atoms with E-state index >= 15 is 0 Å². The average Bonchev–Trinajstić information content (AvgIpc) is 2.68. The van der Waals surface area contributed by atoms with Crippen LogP contribution < -0.4 is 9.04 Å². The van der Waals surface area contributed by atoms with Crippen molar-refractivity contribution in [3.8, 4) is 5.75 Å². The van der Waals surface area contributed by atoms with Gasteiger partial charge in [0.05, 0.1) is 16.1 Å². The van der Waals surface area contributed by atoms with Crippen LogP contribution in [0.5, 0.6) is 5.75 Å². The minimum Gasteiger partial charge on any atom is -0.423 e. The summed E-state index contributed by atoms with van der Waals surface area (Å²) in [5, 5.41) is 0. The van der Waals surface area contributed by atoms with Gasteiger partial charge in [0.1, 0.15) is 11.6 Å². The van der Waals surface area contributed by atoms with E-state index in [9.17, 15) is 17.6 Å². The number of sulfonamides is 1. The predicted octanol–water partition coefficient (Wildman–Crippen LogP) is 3.87. The summed E-state index contributed by atoms with van der Waals surface area (Å²) in [6.07, 6.45) is 0. The Hall–Kier alpha value is -3.19. The summed E-state index contributed by atoms with van der Waals surface area (Å²) in [6.45, 7) is 0. The van der Waals surface area contributed by atoms with Crippen LogP contribution >= 0.6 is 0 Å². The van der Waals surface area contributed by atoms with Crippen LogP contribution in [0.3, 0.4) is 0 Å². The zero-order chi connectivity index (χ0) is 19.4. The van der Waals surface area contributed by atoms with Gasteiger partial charge in [0.2, 0.25) is 0 Å². The Morgan fingerprint density at radius 1 is 0.926 bits per heavy atom. The molecule has 0 aromatic heterocycles. The molecular formula is C20H16FNO4S. The zero-order valence-electron chi connectivity index (χ0n) is 14.4. The van der Waals surface area contributed by atoms with E-state index in [-0.39, 0.29) is 16.2 Å². The second-order valence-corrected chi connectivity index (χ2v) is 7.65. The van der Waals surface area contributed by atoms with Gasteiger partial charge >= 0.3 is 5.97 Å². The van der Waals surface area contributed by atoms with Gasteiger partial charge in [-0.3, -0.25) is 4.31 Å². The smallest absolute Gasteiger partial charge is 0.343 e. The SMILES string of the molecule is CN(c1ccccc1)S(=O)(=O)c1ccc(C(=O)Oc2cccc(F)c2)cc1. The topological polar surface area (TPSA) is 63.7 Å². The number of carbonyl (C=O) groups is 1. The fourth-order valence-electron chi connectivity index (χ4n) is 2.39. The van der Waals surface area contributed by atoms with Gasteiger partial charge in [-0.05, 0) is 48.5 Å². The van der Waals surface area contributed by atoms with Gasteiger partial charge < -0.3 is 4.74 Å². The quantitative estimate of drug-likeness (QED) is 0.494. The van der Waals surface area contributed by atoms with Crippen molar-refractivity contribution >= 4 is 21.7 Å². The molecule has 5 nitrogen and oxygen atoms in total. The minimum absolute atomic E-state index is 0.0381. The number of nitrogens with zero attached hydrogens (tertiary/aromatic N) is 1. The molecule has 7 heteroatoms. The Bertz CT molecular complexity index is 1050. The molecule has 3 aromatic rings. The summed E-state index contributed by atoms with van der Waals surface area (Å²) in [7, 11) is -2.31. The maximum Gasteiger partial charge on any atom is 0.343 e. The van der Waals surface area contributed by atoms with Crippen molar-refractivity contribution in [1.29, 1.82) is 0 Å². The van der Waals surface area contributed by atoms with Crippen LogP contribution in [-0.2, 0) is 10.0 Å². The lowest BCUT2D eigenvalue weighted by Gasteiger charge is -2.19. The molecule has 0 bridgehead atoms. The van der Waals surface area contributed by atoms with E-state index in [2.05, 4.69) is 0 Å². The third kappa shape index (κ3) is 4.15. The molecule has 0 fully saturated rings. The first-order valence-electron chi connectivity index (χ1n) is 8.00. The van der Waals surface area contributed by atoms with Gasteiger partial charge in [0, 0.05) is 13.1 Å². The summed E-state index contributed by atoms with van der Waals surface area (Å²) in [6, 6.07) is 19.2. The van der Waals surface area contributed by atoms with Crippen molar-refractivity contribution in [3.63, 3.8) is 0 Å². The third-order valence-electron chi connectivity index (χ3n) is 3.87. The van der Waals surface area contributed by atoms with Crippen molar-refractivity contribution in [2.75, 3.05) is 11.4 Å². The normalized spacial score (nSPS) is 11.0. The van der Waals surface area contributed by atoms with Crippen LogP contribution in [0.25, 0.3) is 0 Å². The lowest BCUT2D eigenvalue weighted by molar-refractivity contribution is 0.0734. The number of anilines is 1. The van der Waals surface area contributed by atoms with Crippen molar-refractivity contribution in [3.05, 3.63) is 90.2 Å². The van der Waals surface area contributed by atoms with E-state index in [4.69, 9.17) is 4.74 Å². The number of benzene rings is 3. The third-order valence-corrected chi connectivity index (χ3v) is 5.67.